The summed E-state index contributed by atoms with van der Waals surface area (Å²) in [5.74, 6) is -0.233. The zero-order valence-electron chi connectivity index (χ0n) is 7.90. The van der Waals surface area contributed by atoms with E-state index >= 15 is 0 Å². The lowest BCUT2D eigenvalue weighted by atomic mass is 9.98. The molecule has 2 heteroatoms. The first-order valence-electron chi connectivity index (χ1n) is 4.40. The fourth-order valence-electron chi connectivity index (χ4n) is 1.08. The van der Waals surface area contributed by atoms with Crippen molar-refractivity contribution in [3.63, 3.8) is 0 Å². The number of hydrogen-bond donors (Lipinski definition) is 1. The molecule has 1 atom stereocenters. The van der Waals surface area contributed by atoms with Gasteiger partial charge in [-0.1, -0.05) is 44.2 Å². The van der Waals surface area contributed by atoms with E-state index in [0.717, 1.165) is 0 Å². The minimum atomic E-state index is -0.887. The highest BCUT2D eigenvalue weighted by molar-refractivity contribution is 5.99. The van der Waals surface area contributed by atoms with Gasteiger partial charge in [-0.25, -0.2) is 0 Å². The number of ketones is 1. The molecule has 0 bridgehead atoms. The number of carbonyl (C=O) groups is 1. The van der Waals surface area contributed by atoms with Gasteiger partial charge in [-0.05, 0) is 5.92 Å². The van der Waals surface area contributed by atoms with Gasteiger partial charge in [-0.15, -0.1) is 0 Å². The first kappa shape index (κ1) is 9.93. The Morgan fingerprint density at radius 3 is 2.23 bits per heavy atom. The van der Waals surface area contributed by atoms with Gasteiger partial charge in [0.15, 0.2) is 5.78 Å². The molecule has 0 aliphatic rings. The Morgan fingerprint density at radius 2 is 1.77 bits per heavy atom. The Hall–Kier alpha value is -1.15. The molecule has 2 nitrogen and oxygen atoms in total. The average molecular weight is 178 g/mol. The van der Waals surface area contributed by atoms with Crippen LogP contribution in [0.4, 0.5) is 0 Å². The highest BCUT2D eigenvalue weighted by atomic mass is 16.3. The van der Waals surface area contributed by atoms with Crippen LogP contribution in [0.25, 0.3) is 0 Å². The summed E-state index contributed by atoms with van der Waals surface area (Å²) in [6, 6.07) is 8.86. The van der Waals surface area contributed by atoms with E-state index in [4.69, 9.17) is 0 Å². The van der Waals surface area contributed by atoms with Crippen LogP contribution in [0.3, 0.4) is 0 Å². The molecule has 0 radical (unpaired) electrons. The molecule has 0 aliphatic heterocycles. The second kappa shape index (κ2) is 4.19. The second-order valence-corrected chi connectivity index (χ2v) is 3.42. The zero-order chi connectivity index (χ0) is 9.84. The van der Waals surface area contributed by atoms with E-state index < -0.39 is 6.10 Å². The summed E-state index contributed by atoms with van der Waals surface area (Å²) in [4.78, 5) is 11.5. The van der Waals surface area contributed by atoms with Crippen molar-refractivity contribution in [2.75, 3.05) is 0 Å². The Labute approximate surface area is 78.2 Å². The van der Waals surface area contributed by atoms with Gasteiger partial charge in [0.05, 0.1) is 0 Å². The van der Waals surface area contributed by atoms with Crippen LogP contribution in [0.2, 0.25) is 0 Å². The number of hydrogen-bond acceptors (Lipinski definition) is 2. The van der Waals surface area contributed by atoms with Crippen LogP contribution >= 0.6 is 0 Å². The van der Waals surface area contributed by atoms with Crippen LogP contribution in [0.1, 0.15) is 24.2 Å². The van der Waals surface area contributed by atoms with E-state index in [-0.39, 0.29) is 11.7 Å². The van der Waals surface area contributed by atoms with Gasteiger partial charge in [-0.3, -0.25) is 4.79 Å². The summed E-state index contributed by atoms with van der Waals surface area (Å²) < 4.78 is 0. The van der Waals surface area contributed by atoms with Gasteiger partial charge in [0.1, 0.15) is 6.10 Å². The van der Waals surface area contributed by atoms with Crippen LogP contribution < -0.4 is 0 Å². The van der Waals surface area contributed by atoms with Crippen molar-refractivity contribution in [1.29, 1.82) is 0 Å². The molecule has 0 saturated carbocycles. The average Bonchev–Trinajstić information content (AvgIpc) is 2.17. The number of benzene rings is 1. The molecule has 1 N–H and O–H groups in total. The molecule has 1 aromatic carbocycles. The van der Waals surface area contributed by atoms with Gasteiger partial charge in [0.25, 0.3) is 0 Å². The number of aliphatic hydroxyl groups excluding tert-OH is 1. The number of carbonyl (C=O) groups excluding carboxylic acids is 1. The number of rotatable bonds is 3. The van der Waals surface area contributed by atoms with Gasteiger partial charge in [0, 0.05) is 5.56 Å². The lowest BCUT2D eigenvalue weighted by Gasteiger charge is -2.12. The van der Waals surface area contributed by atoms with Crippen molar-refractivity contribution in [3.8, 4) is 0 Å². The molecule has 0 saturated heterocycles. The first-order valence-corrected chi connectivity index (χ1v) is 4.40. The zero-order valence-corrected chi connectivity index (χ0v) is 7.90. The summed E-state index contributed by atoms with van der Waals surface area (Å²) in [6.45, 7) is 3.65. The van der Waals surface area contributed by atoms with E-state index in [9.17, 15) is 9.90 Å². The van der Waals surface area contributed by atoms with Crippen molar-refractivity contribution < 1.29 is 9.90 Å². The van der Waals surface area contributed by atoms with Crippen molar-refractivity contribution in [1.82, 2.24) is 0 Å². The van der Waals surface area contributed by atoms with Crippen molar-refractivity contribution in [2.45, 2.75) is 20.0 Å². The Balaban J connectivity index is 2.80. The summed E-state index contributed by atoms with van der Waals surface area (Å²) in [6.07, 6.45) is -0.887. The monoisotopic (exact) mass is 178 g/mol. The maximum atomic E-state index is 11.5. The minimum absolute atomic E-state index is 0.0345. The molecule has 0 spiro atoms. The van der Waals surface area contributed by atoms with Crippen LogP contribution in [-0.4, -0.2) is 17.0 Å². The SMILES string of the molecule is CC(C)C(O)C(=O)c1ccccc1. The first-order chi connectivity index (χ1) is 6.13. The topological polar surface area (TPSA) is 37.3 Å². The molecule has 13 heavy (non-hydrogen) atoms. The van der Waals surface area contributed by atoms with Crippen LogP contribution in [0.5, 0.6) is 0 Å². The number of Topliss-reactive ketones (excluding diaryl/α,β-unsaturated/α-hetero) is 1. The highest BCUT2D eigenvalue weighted by Crippen LogP contribution is 2.09. The van der Waals surface area contributed by atoms with Crippen molar-refractivity contribution in [3.05, 3.63) is 35.9 Å². The summed E-state index contributed by atoms with van der Waals surface area (Å²) in [5.41, 5.74) is 0.573. The summed E-state index contributed by atoms with van der Waals surface area (Å²) in [7, 11) is 0. The summed E-state index contributed by atoms with van der Waals surface area (Å²) in [5, 5.41) is 9.50. The van der Waals surface area contributed by atoms with Gasteiger partial charge < -0.3 is 5.11 Å². The van der Waals surface area contributed by atoms with E-state index in [1.807, 2.05) is 19.9 Å². The summed E-state index contributed by atoms with van der Waals surface area (Å²) >= 11 is 0. The molecule has 0 heterocycles. The van der Waals surface area contributed by atoms with Gasteiger partial charge in [-0.2, -0.15) is 0 Å². The standard InChI is InChI=1S/C11H14O2/c1-8(2)10(12)11(13)9-6-4-3-5-7-9/h3-8,10,12H,1-2H3. The Kier molecular flexibility index (Phi) is 3.20. The fraction of sp³-hybridized carbons (Fsp3) is 0.364. The molecule has 70 valence electrons. The lowest BCUT2D eigenvalue weighted by Crippen LogP contribution is -2.25. The molecular weight excluding hydrogens is 164 g/mol. The third-order valence-electron chi connectivity index (χ3n) is 1.96. The Morgan fingerprint density at radius 1 is 1.23 bits per heavy atom. The number of aliphatic hydroxyl groups is 1. The minimum Gasteiger partial charge on any atom is -0.385 e. The molecule has 1 rings (SSSR count). The van der Waals surface area contributed by atoms with Gasteiger partial charge in [0.2, 0.25) is 0 Å². The fourth-order valence-corrected chi connectivity index (χ4v) is 1.08. The molecule has 0 aliphatic carbocycles. The van der Waals surface area contributed by atoms with Crippen LogP contribution in [-0.2, 0) is 0 Å². The molecular formula is C11H14O2. The van der Waals surface area contributed by atoms with Crippen LogP contribution in [0.15, 0.2) is 30.3 Å². The lowest BCUT2D eigenvalue weighted by molar-refractivity contribution is 0.0648. The normalized spacial score (nSPS) is 12.9. The molecule has 0 fully saturated rings. The van der Waals surface area contributed by atoms with Crippen molar-refractivity contribution >= 4 is 5.78 Å². The maximum absolute atomic E-state index is 11.5. The smallest absolute Gasteiger partial charge is 0.191 e. The maximum Gasteiger partial charge on any atom is 0.191 e. The second-order valence-electron chi connectivity index (χ2n) is 3.42. The molecule has 0 aromatic heterocycles. The predicted molar refractivity (Wildman–Crippen MR) is 51.6 cm³/mol. The van der Waals surface area contributed by atoms with Crippen LogP contribution in [0, 0.1) is 5.92 Å². The molecule has 1 unspecified atom stereocenters. The van der Waals surface area contributed by atoms with Gasteiger partial charge >= 0.3 is 0 Å². The van der Waals surface area contributed by atoms with Crippen molar-refractivity contribution in [2.24, 2.45) is 5.92 Å². The quantitative estimate of drug-likeness (QED) is 0.717. The third-order valence-corrected chi connectivity index (χ3v) is 1.96. The van der Waals surface area contributed by atoms with E-state index in [1.54, 1.807) is 24.3 Å². The predicted octanol–water partition coefficient (Wildman–Crippen LogP) is 1.89. The largest absolute Gasteiger partial charge is 0.385 e. The van der Waals surface area contributed by atoms with E-state index in [0.29, 0.717) is 5.56 Å². The molecule has 0 amide bonds. The third kappa shape index (κ3) is 2.39. The Bertz CT molecular complexity index is 277. The molecule has 1 aromatic rings. The van der Waals surface area contributed by atoms with E-state index in [2.05, 4.69) is 0 Å². The highest BCUT2D eigenvalue weighted by Gasteiger charge is 2.19. The van der Waals surface area contributed by atoms with E-state index in [1.165, 1.54) is 0 Å².